The summed E-state index contributed by atoms with van der Waals surface area (Å²) in [6.45, 7) is 0. The fourth-order valence-electron chi connectivity index (χ4n) is 4.47. The van der Waals surface area contributed by atoms with Gasteiger partial charge in [0.25, 0.3) is 0 Å². The van der Waals surface area contributed by atoms with E-state index < -0.39 is 5.41 Å². The Kier molecular flexibility index (Phi) is 4.21. The molecule has 0 N–H and O–H groups in total. The number of carbonyl (C=O) groups is 1. The molecule has 0 unspecified atom stereocenters. The predicted octanol–water partition coefficient (Wildman–Crippen LogP) is 3.58. The van der Waals surface area contributed by atoms with E-state index in [0.717, 1.165) is 33.4 Å². The Balaban J connectivity index is 1.79. The second-order valence-corrected chi connectivity index (χ2v) is 7.36. The summed E-state index contributed by atoms with van der Waals surface area (Å²) in [6, 6.07) is 19.8. The van der Waals surface area contributed by atoms with Crippen LogP contribution in [-0.4, -0.2) is 26.2 Å². The van der Waals surface area contributed by atoms with E-state index in [1.165, 1.54) is 0 Å². The van der Waals surface area contributed by atoms with E-state index in [1.807, 2.05) is 48.5 Å². The second-order valence-electron chi connectivity index (χ2n) is 7.36. The van der Waals surface area contributed by atoms with Gasteiger partial charge in [0.1, 0.15) is 0 Å². The van der Waals surface area contributed by atoms with Gasteiger partial charge in [0, 0.05) is 28.9 Å². The van der Waals surface area contributed by atoms with E-state index in [9.17, 15) is 4.79 Å². The van der Waals surface area contributed by atoms with E-state index >= 15 is 0 Å². The molecule has 0 atom stereocenters. The third-order valence-corrected chi connectivity index (χ3v) is 5.68. The Morgan fingerprint density at radius 3 is 1.55 bits per heavy atom. The molecule has 0 fully saturated rings. The van der Waals surface area contributed by atoms with Crippen molar-refractivity contribution in [1.82, 2.24) is 20.4 Å². The monoisotopic (exact) mass is 378 g/mol. The van der Waals surface area contributed by atoms with Crippen molar-refractivity contribution in [3.63, 3.8) is 0 Å². The van der Waals surface area contributed by atoms with Crippen molar-refractivity contribution < 1.29 is 4.79 Å². The smallest absolute Gasteiger partial charge is 0.193 e. The number of ketones is 1. The van der Waals surface area contributed by atoms with Gasteiger partial charge in [-0.3, -0.25) is 4.79 Å². The van der Waals surface area contributed by atoms with Crippen molar-refractivity contribution in [3.05, 3.63) is 119 Å². The first-order valence-corrected chi connectivity index (χ1v) is 9.53. The molecular formula is C24H18N4O. The molecule has 5 heteroatoms. The minimum atomic E-state index is -0.423. The SMILES string of the molecule is O=C1c2ccccc2C(Cc2ccnnc2)(Cc2ccnnc2)c2ccccc21. The fraction of sp³-hybridized carbons (Fsp3) is 0.125. The van der Waals surface area contributed by atoms with Gasteiger partial charge in [-0.2, -0.15) is 20.4 Å². The van der Waals surface area contributed by atoms with Crippen LogP contribution in [0.4, 0.5) is 0 Å². The fourth-order valence-corrected chi connectivity index (χ4v) is 4.47. The average Bonchev–Trinajstić information content (AvgIpc) is 2.79. The van der Waals surface area contributed by atoms with Crippen molar-refractivity contribution in [2.45, 2.75) is 18.3 Å². The van der Waals surface area contributed by atoms with E-state index in [0.29, 0.717) is 12.8 Å². The van der Waals surface area contributed by atoms with Crippen LogP contribution in [0.15, 0.2) is 85.5 Å². The lowest BCUT2D eigenvalue weighted by Crippen LogP contribution is -2.40. The Morgan fingerprint density at radius 2 is 1.10 bits per heavy atom. The van der Waals surface area contributed by atoms with Crippen LogP contribution in [0.2, 0.25) is 0 Å². The highest BCUT2D eigenvalue weighted by atomic mass is 16.1. The summed E-state index contributed by atoms with van der Waals surface area (Å²) in [5.41, 5.74) is 5.31. The van der Waals surface area contributed by atoms with E-state index in [2.05, 4.69) is 32.5 Å². The average molecular weight is 378 g/mol. The van der Waals surface area contributed by atoms with Crippen molar-refractivity contribution >= 4 is 5.78 Å². The highest BCUT2D eigenvalue weighted by Crippen LogP contribution is 2.45. The van der Waals surface area contributed by atoms with Crippen molar-refractivity contribution in [3.8, 4) is 0 Å². The van der Waals surface area contributed by atoms with Crippen LogP contribution in [0.1, 0.15) is 38.2 Å². The minimum Gasteiger partial charge on any atom is -0.289 e. The van der Waals surface area contributed by atoms with Gasteiger partial charge < -0.3 is 0 Å². The maximum Gasteiger partial charge on any atom is 0.193 e. The Bertz CT molecular complexity index is 1080. The van der Waals surface area contributed by atoms with Gasteiger partial charge in [0.2, 0.25) is 0 Å². The number of benzene rings is 2. The molecule has 0 spiro atoms. The molecule has 0 aliphatic heterocycles. The van der Waals surface area contributed by atoms with Gasteiger partial charge in [0.05, 0.1) is 12.4 Å². The zero-order chi connectivity index (χ0) is 19.7. The van der Waals surface area contributed by atoms with Crippen LogP contribution in [0.3, 0.4) is 0 Å². The van der Waals surface area contributed by atoms with Crippen LogP contribution in [0.25, 0.3) is 0 Å². The number of aromatic nitrogens is 4. The molecule has 0 bridgehead atoms. The maximum atomic E-state index is 13.3. The molecular weight excluding hydrogens is 360 g/mol. The molecule has 140 valence electrons. The highest BCUT2D eigenvalue weighted by Gasteiger charge is 2.43. The lowest BCUT2D eigenvalue weighted by Gasteiger charge is -2.41. The lowest BCUT2D eigenvalue weighted by molar-refractivity contribution is 0.102. The minimum absolute atomic E-state index is 0.0764. The van der Waals surface area contributed by atoms with Crippen LogP contribution < -0.4 is 0 Å². The topological polar surface area (TPSA) is 68.6 Å². The summed E-state index contributed by atoms with van der Waals surface area (Å²) < 4.78 is 0. The molecule has 0 radical (unpaired) electrons. The highest BCUT2D eigenvalue weighted by molar-refractivity contribution is 6.13. The van der Waals surface area contributed by atoms with E-state index in [1.54, 1.807) is 24.8 Å². The Labute approximate surface area is 168 Å². The third-order valence-electron chi connectivity index (χ3n) is 5.68. The molecule has 4 aromatic rings. The quantitative estimate of drug-likeness (QED) is 0.543. The standard InChI is InChI=1S/C24H18N4O/c29-23-19-5-1-3-7-21(19)24(13-17-9-11-25-27-15-17,14-18-10-12-26-28-16-18)22-8-4-2-6-20(22)23/h1-12,15-16H,13-14H2. The Morgan fingerprint density at radius 1 is 0.621 bits per heavy atom. The van der Waals surface area contributed by atoms with E-state index in [4.69, 9.17) is 0 Å². The number of fused-ring (bicyclic) bond motifs is 2. The number of hydrogen-bond acceptors (Lipinski definition) is 5. The van der Waals surface area contributed by atoms with Crippen molar-refractivity contribution in [2.75, 3.05) is 0 Å². The summed E-state index contributed by atoms with van der Waals surface area (Å²) in [4.78, 5) is 13.3. The maximum absolute atomic E-state index is 13.3. The molecule has 2 aromatic heterocycles. The third kappa shape index (κ3) is 2.91. The van der Waals surface area contributed by atoms with Gasteiger partial charge in [0.15, 0.2) is 5.78 Å². The molecule has 1 aliphatic carbocycles. The molecule has 2 heterocycles. The zero-order valence-electron chi connectivity index (χ0n) is 15.7. The molecule has 5 nitrogen and oxygen atoms in total. The number of rotatable bonds is 4. The molecule has 2 aromatic carbocycles. The zero-order valence-corrected chi connectivity index (χ0v) is 15.7. The summed E-state index contributed by atoms with van der Waals surface area (Å²) in [6.07, 6.45) is 8.42. The lowest BCUT2D eigenvalue weighted by atomic mass is 9.61. The predicted molar refractivity (Wildman–Crippen MR) is 109 cm³/mol. The normalized spacial score (nSPS) is 14.1. The molecule has 5 rings (SSSR count). The van der Waals surface area contributed by atoms with Gasteiger partial charge >= 0.3 is 0 Å². The largest absolute Gasteiger partial charge is 0.289 e. The van der Waals surface area contributed by atoms with Crippen molar-refractivity contribution in [2.24, 2.45) is 0 Å². The summed E-state index contributed by atoms with van der Waals surface area (Å²) in [5, 5.41) is 16.0. The van der Waals surface area contributed by atoms with Crippen LogP contribution in [0.5, 0.6) is 0 Å². The van der Waals surface area contributed by atoms with Gasteiger partial charge in [-0.05, 0) is 47.2 Å². The Hall–Kier alpha value is -3.73. The van der Waals surface area contributed by atoms with Crippen LogP contribution in [0, 0.1) is 0 Å². The van der Waals surface area contributed by atoms with Crippen LogP contribution >= 0.6 is 0 Å². The first-order valence-electron chi connectivity index (χ1n) is 9.53. The van der Waals surface area contributed by atoms with Gasteiger partial charge in [-0.15, -0.1) is 0 Å². The van der Waals surface area contributed by atoms with Crippen LogP contribution in [-0.2, 0) is 18.3 Å². The molecule has 0 saturated heterocycles. The van der Waals surface area contributed by atoms with Crippen molar-refractivity contribution in [1.29, 1.82) is 0 Å². The van der Waals surface area contributed by atoms with Gasteiger partial charge in [-0.25, -0.2) is 0 Å². The number of carbonyl (C=O) groups excluding carboxylic acids is 1. The first-order chi connectivity index (χ1) is 14.3. The van der Waals surface area contributed by atoms with E-state index in [-0.39, 0.29) is 5.78 Å². The second kappa shape index (κ2) is 7.02. The number of hydrogen-bond donors (Lipinski definition) is 0. The molecule has 1 aliphatic rings. The number of nitrogens with zero attached hydrogens (tertiary/aromatic N) is 4. The summed E-state index contributed by atoms with van der Waals surface area (Å²) in [7, 11) is 0. The summed E-state index contributed by atoms with van der Waals surface area (Å²) >= 11 is 0. The summed E-state index contributed by atoms with van der Waals surface area (Å²) in [5.74, 6) is 0.0764. The van der Waals surface area contributed by atoms with Gasteiger partial charge in [-0.1, -0.05) is 48.5 Å². The molecule has 0 amide bonds. The molecule has 0 saturated carbocycles. The first kappa shape index (κ1) is 17.4. The molecule has 29 heavy (non-hydrogen) atoms.